The van der Waals surface area contributed by atoms with Gasteiger partial charge in [0.05, 0.1) is 0 Å². The monoisotopic (exact) mass is 316 g/mol. The lowest BCUT2D eigenvalue weighted by Gasteiger charge is -2.26. The molecule has 0 N–H and O–H groups in total. The highest BCUT2D eigenvalue weighted by Crippen LogP contribution is 2.15. The van der Waals surface area contributed by atoms with Crippen LogP contribution in [0.3, 0.4) is 0 Å². The number of unbranched alkanes of at least 4 members (excludes halogenated alkanes) is 4. The third-order valence-electron chi connectivity index (χ3n) is 3.07. The molecule has 0 aliphatic carbocycles. The molecule has 0 spiro atoms. The normalized spacial score (nSPS) is 12.4. The maximum Gasteiger partial charge on any atom is 0.529 e. The molecule has 0 saturated heterocycles. The zero-order chi connectivity index (χ0) is 15.8. The molecule has 0 amide bonds. The summed E-state index contributed by atoms with van der Waals surface area (Å²) in [5, 5.41) is 0. The van der Waals surface area contributed by atoms with Crippen molar-refractivity contribution < 1.29 is 13.3 Å². The lowest BCUT2D eigenvalue weighted by atomic mass is 10.2. The molecule has 3 nitrogen and oxygen atoms in total. The van der Waals surface area contributed by atoms with Crippen LogP contribution in [0.25, 0.3) is 0 Å². The van der Waals surface area contributed by atoms with E-state index in [0.29, 0.717) is 19.8 Å². The standard InChI is InChI=1S/C17H36O3Si/c1-5-9-10-11-12-13-17-21(18-14-6-2,19-15-7-3)20-16-8-4/h13,17H,5-12,14-16H2,1-4H3/b17-13+. The Morgan fingerprint density at radius 1 is 0.667 bits per heavy atom. The Bertz CT molecular complexity index is 222. The smallest absolute Gasteiger partial charge is 0.370 e. The average Bonchev–Trinajstić information content (AvgIpc) is 2.51. The minimum absolute atomic E-state index is 0.708. The van der Waals surface area contributed by atoms with Gasteiger partial charge in [-0.05, 0) is 37.8 Å². The summed E-state index contributed by atoms with van der Waals surface area (Å²) in [4.78, 5) is 0. The van der Waals surface area contributed by atoms with Gasteiger partial charge in [0, 0.05) is 19.8 Å². The number of hydrogen-bond donors (Lipinski definition) is 0. The number of rotatable bonds is 15. The van der Waals surface area contributed by atoms with Crippen LogP contribution < -0.4 is 0 Å². The van der Waals surface area contributed by atoms with Gasteiger partial charge < -0.3 is 13.3 Å². The molecule has 0 aliphatic rings. The minimum Gasteiger partial charge on any atom is -0.370 e. The molecule has 0 rings (SSSR count). The largest absolute Gasteiger partial charge is 0.529 e. The van der Waals surface area contributed by atoms with Crippen LogP contribution in [0.15, 0.2) is 11.8 Å². The molecule has 0 aromatic carbocycles. The van der Waals surface area contributed by atoms with E-state index in [1.807, 2.05) is 0 Å². The molecule has 0 unspecified atom stereocenters. The quantitative estimate of drug-likeness (QED) is 0.304. The van der Waals surface area contributed by atoms with Crippen molar-refractivity contribution in [3.63, 3.8) is 0 Å². The van der Waals surface area contributed by atoms with Crippen molar-refractivity contribution in [3.8, 4) is 0 Å². The lowest BCUT2D eigenvalue weighted by Crippen LogP contribution is -2.45. The van der Waals surface area contributed by atoms with Gasteiger partial charge in [0.1, 0.15) is 0 Å². The predicted octanol–water partition coefficient (Wildman–Crippen LogP) is 5.27. The first-order valence-electron chi connectivity index (χ1n) is 8.84. The first kappa shape index (κ1) is 20.8. The molecule has 126 valence electrons. The molecule has 21 heavy (non-hydrogen) atoms. The highest BCUT2D eigenvalue weighted by Gasteiger charge is 2.37. The van der Waals surface area contributed by atoms with E-state index in [1.54, 1.807) is 0 Å². The van der Waals surface area contributed by atoms with Gasteiger partial charge in [-0.1, -0.05) is 53.0 Å². The van der Waals surface area contributed by atoms with Crippen LogP contribution >= 0.6 is 0 Å². The van der Waals surface area contributed by atoms with Crippen molar-refractivity contribution in [2.45, 2.75) is 79.1 Å². The number of hydrogen-bond acceptors (Lipinski definition) is 3. The Hall–Kier alpha value is -0.163. The second-order valence-electron chi connectivity index (χ2n) is 5.40. The highest BCUT2D eigenvalue weighted by atomic mass is 28.4. The van der Waals surface area contributed by atoms with E-state index in [0.717, 1.165) is 25.7 Å². The van der Waals surface area contributed by atoms with Crippen LogP contribution in [0.5, 0.6) is 0 Å². The molecule has 4 heteroatoms. The second-order valence-corrected chi connectivity index (χ2v) is 7.81. The fourth-order valence-electron chi connectivity index (χ4n) is 1.92. The summed E-state index contributed by atoms with van der Waals surface area (Å²) in [6.45, 7) is 10.7. The molecule has 0 aromatic heterocycles. The Morgan fingerprint density at radius 2 is 1.19 bits per heavy atom. The van der Waals surface area contributed by atoms with Crippen molar-refractivity contribution >= 4 is 8.80 Å². The van der Waals surface area contributed by atoms with Crippen LogP contribution in [0.1, 0.15) is 79.1 Å². The van der Waals surface area contributed by atoms with Gasteiger partial charge in [0.25, 0.3) is 0 Å². The first-order valence-corrected chi connectivity index (χ1v) is 10.6. The van der Waals surface area contributed by atoms with Crippen molar-refractivity contribution in [1.82, 2.24) is 0 Å². The molecular weight excluding hydrogens is 280 g/mol. The Morgan fingerprint density at radius 3 is 1.62 bits per heavy atom. The Labute approximate surface area is 133 Å². The molecule has 0 bridgehead atoms. The van der Waals surface area contributed by atoms with Gasteiger partial charge in [-0.2, -0.15) is 0 Å². The third-order valence-corrected chi connectivity index (χ3v) is 5.53. The summed E-state index contributed by atoms with van der Waals surface area (Å²) in [6.07, 6.45) is 11.4. The Balaban J connectivity index is 4.50. The summed E-state index contributed by atoms with van der Waals surface area (Å²) in [5.41, 5.74) is 2.11. The van der Waals surface area contributed by atoms with E-state index >= 15 is 0 Å². The summed E-state index contributed by atoms with van der Waals surface area (Å²) in [6, 6.07) is 0. The van der Waals surface area contributed by atoms with E-state index in [4.69, 9.17) is 13.3 Å². The van der Waals surface area contributed by atoms with E-state index in [9.17, 15) is 0 Å². The minimum atomic E-state index is -2.61. The molecule has 0 aromatic rings. The summed E-state index contributed by atoms with van der Waals surface area (Å²) in [5.74, 6) is 0. The zero-order valence-corrected chi connectivity index (χ0v) is 15.7. The second kappa shape index (κ2) is 14.8. The van der Waals surface area contributed by atoms with Crippen LogP contribution in [-0.4, -0.2) is 28.6 Å². The van der Waals surface area contributed by atoms with Crippen molar-refractivity contribution in [2.24, 2.45) is 0 Å². The average molecular weight is 317 g/mol. The van der Waals surface area contributed by atoms with Gasteiger partial charge >= 0.3 is 8.80 Å². The molecule has 0 heterocycles. The summed E-state index contributed by atoms with van der Waals surface area (Å²) in [7, 11) is -2.61. The molecule has 0 aliphatic heterocycles. The van der Waals surface area contributed by atoms with Crippen LogP contribution in [0.4, 0.5) is 0 Å². The topological polar surface area (TPSA) is 27.7 Å². The van der Waals surface area contributed by atoms with E-state index in [1.165, 1.54) is 25.7 Å². The fraction of sp³-hybridized carbons (Fsp3) is 0.882. The lowest BCUT2D eigenvalue weighted by molar-refractivity contribution is 0.0715. The summed E-state index contributed by atoms with van der Waals surface area (Å²) < 4.78 is 18.1. The summed E-state index contributed by atoms with van der Waals surface area (Å²) >= 11 is 0. The van der Waals surface area contributed by atoms with E-state index in [-0.39, 0.29) is 0 Å². The zero-order valence-electron chi connectivity index (χ0n) is 14.7. The van der Waals surface area contributed by atoms with Crippen molar-refractivity contribution in [3.05, 3.63) is 11.8 Å². The van der Waals surface area contributed by atoms with Crippen LogP contribution in [0, 0.1) is 0 Å². The van der Waals surface area contributed by atoms with Crippen LogP contribution in [-0.2, 0) is 13.3 Å². The fourth-order valence-corrected chi connectivity index (χ4v) is 4.38. The SMILES string of the molecule is CCCCCC/C=C/[Si](OCCC)(OCCC)OCCC. The molecule has 0 atom stereocenters. The van der Waals surface area contributed by atoms with Gasteiger partial charge in [0.2, 0.25) is 0 Å². The van der Waals surface area contributed by atoms with Gasteiger partial charge in [-0.15, -0.1) is 0 Å². The molecule has 0 fully saturated rings. The number of allylic oxidation sites excluding steroid dienone is 1. The van der Waals surface area contributed by atoms with E-state index < -0.39 is 8.80 Å². The first-order chi connectivity index (χ1) is 10.2. The maximum atomic E-state index is 6.02. The van der Waals surface area contributed by atoms with Gasteiger partial charge in [0.15, 0.2) is 0 Å². The Kier molecular flexibility index (Phi) is 14.6. The molecular formula is C17H36O3Si. The predicted molar refractivity (Wildman–Crippen MR) is 92.4 cm³/mol. The third kappa shape index (κ3) is 11.1. The van der Waals surface area contributed by atoms with Gasteiger partial charge in [-0.25, -0.2) is 0 Å². The van der Waals surface area contributed by atoms with Crippen molar-refractivity contribution in [2.75, 3.05) is 19.8 Å². The molecule has 0 saturated carbocycles. The molecule has 0 radical (unpaired) electrons. The van der Waals surface area contributed by atoms with E-state index in [2.05, 4.69) is 39.5 Å². The van der Waals surface area contributed by atoms with Crippen molar-refractivity contribution in [1.29, 1.82) is 0 Å². The highest BCUT2D eigenvalue weighted by molar-refractivity contribution is 6.66. The van der Waals surface area contributed by atoms with Gasteiger partial charge in [-0.3, -0.25) is 0 Å². The van der Waals surface area contributed by atoms with Crippen LogP contribution in [0.2, 0.25) is 0 Å². The maximum absolute atomic E-state index is 6.02.